The van der Waals surface area contributed by atoms with E-state index in [1.165, 1.54) is 14.2 Å². The SMILES string of the molecule is C=C(COC)CC(O)C(=O)OC. The fourth-order valence-electron chi connectivity index (χ4n) is 0.756. The van der Waals surface area contributed by atoms with Gasteiger partial charge in [-0.1, -0.05) is 6.58 Å². The highest BCUT2D eigenvalue weighted by molar-refractivity contribution is 5.74. The highest BCUT2D eigenvalue weighted by atomic mass is 16.5. The number of aliphatic hydroxyl groups excluding tert-OH is 1. The van der Waals surface area contributed by atoms with Gasteiger partial charge in [-0.15, -0.1) is 0 Å². The van der Waals surface area contributed by atoms with Crippen LogP contribution in [0.3, 0.4) is 0 Å². The van der Waals surface area contributed by atoms with Crippen LogP contribution >= 0.6 is 0 Å². The second-order valence-electron chi connectivity index (χ2n) is 2.43. The molecule has 4 nitrogen and oxygen atoms in total. The second-order valence-corrected chi connectivity index (χ2v) is 2.43. The van der Waals surface area contributed by atoms with Crippen LogP contribution in [0, 0.1) is 0 Å². The molecule has 1 N–H and O–H groups in total. The van der Waals surface area contributed by atoms with Crippen molar-refractivity contribution in [2.75, 3.05) is 20.8 Å². The van der Waals surface area contributed by atoms with E-state index in [9.17, 15) is 4.79 Å². The zero-order valence-electron chi connectivity index (χ0n) is 7.37. The highest BCUT2D eigenvalue weighted by Crippen LogP contribution is 2.04. The number of aliphatic hydroxyl groups is 1. The van der Waals surface area contributed by atoms with Gasteiger partial charge < -0.3 is 14.6 Å². The largest absolute Gasteiger partial charge is 0.467 e. The minimum atomic E-state index is -1.13. The summed E-state index contributed by atoms with van der Waals surface area (Å²) >= 11 is 0. The Morgan fingerprint density at radius 3 is 2.58 bits per heavy atom. The predicted octanol–water partition coefficient (Wildman–Crippen LogP) is 0.113. The van der Waals surface area contributed by atoms with Crippen molar-refractivity contribution >= 4 is 5.97 Å². The molecule has 0 aliphatic rings. The number of esters is 1. The molecule has 0 bridgehead atoms. The molecule has 0 spiro atoms. The van der Waals surface area contributed by atoms with E-state index < -0.39 is 12.1 Å². The summed E-state index contributed by atoms with van der Waals surface area (Å²) in [7, 11) is 2.75. The van der Waals surface area contributed by atoms with E-state index in [4.69, 9.17) is 9.84 Å². The normalized spacial score (nSPS) is 12.2. The van der Waals surface area contributed by atoms with Crippen LogP contribution in [0.5, 0.6) is 0 Å². The number of carbonyl (C=O) groups excluding carboxylic acids is 1. The molecule has 70 valence electrons. The molecule has 0 rings (SSSR count). The first-order valence-electron chi connectivity index (χ1n) is 3.53. The molecule has 4 heteroatoms. The van der Waals surface area contributed by atoms with Gasteiger partial charge in [0, 0.05) is 13.5 Å². The van der Waals surface area contributed by atoms with Crippen LogP contribution in [0.15, 0.2) is 12.2 Å². The van der Waals surface area contributed by atoms with Crippen molar-refractivity contribution in [1.82, 2.24) is 0 Å². The van der Waals surface area contributed by atoms with E-state index in [1.807, 2.05) is 0 Å². The summed E-state index contributed by atoms with van der Waals surface area (Å²) in [5, 5.41) is 9.12. The first kappa shape index (κ1) is 11.1. The summed E-state index contributed by atoms with van der Waals surface area (Å²) < 4.78 is 9.08. The quantitative estimate of drug-likeness (QED) is 0.475. The molecule has 0 heterocycles. The fourth-order valence-corrected chi connectivity index (χ4v) is 0.756. The third-order valence-corrected chi connectivity index (χ3v) is 1.30. The van der Waals surface area contributed by atoms with E-state index in [0.29, 0.717) is 12.2 Å². The molecule has 0 aliphatic carbocycles. The Bertz CT molecular complexity index is 164. The molecule has 0 aromatic rings. The summed E-state index contributed by atoms with van der Waals surface area (Å²) in [6, 6.07) is 0. The van der Waals surface area contributed by atoms with Crippen LogP contribution in [0.4, 0.5) is 0 Å². The van der Waals surface area contributed by atoms with E-state index in [2.05, 4.69) is 11.3 Å². The molecule has 1 unspecified atom stereocenters. The minimum absolute atomic E-state index is 0.181. The van der Waals surface area contributed by atoms with Crippen molar-refractivity contribution in [3.63, 3.8) is 0 Å². The summed E-state index contributed by atoms with van der Waals surface area (Å²) in [6.07, 6.45) is -0.946. The first-order chi connectivity index (χ1) is 5.61. The number of rotatable bonds is 5. The molecule has 0 saturated carbocycles. The van der Waals surface area contributed by atoms with Crippen molar-refractivity contribution in [3.05, 3.63) is 12.2 Å². The zero-order chi connectivity index (χ0) is 9.56. The van der Waals surface area contributed by atoms with Gasteiger partial charge in [0.1, 0.15) is 0 Å². The molecule has 0 fully saturated rings. The lowest BCUT2D eigenvalue weighted by molar-refractivity contribution is -0.150. The van der Waals surface area contributed by atoms with Crippen molar-refractivity contribution in [3.8, 4) is 0 Å². The van der Waals surface area contributed by atoms with E-state index in [0.717, 1.165) is 0 Å². The Hall–Kier alpha value is -0.870. The maximum atomic E-state index is 10.7. The standard InChI is InChI=1S/C8H14O4/c1-6(5-11-2)4-7(9)8(10)12-3/h7,9H,1,4-5H2,2-3H3. The van der Waals surface area contributed by atoms with Gasteiger partial charge in [-0.3, -0.25) is 0 Å². The number of methoxy groups -OCH3 is 2. The lowest BCUT2D eigenvalue weighted by atomic mass is 10.1. The van der Waals surface area contributed by atoms with Gasteiger partial charge in [0.2, 0.25) is 0 Å². The van der Waals surface area contributed by atoms with Crippen molar-refractivity contribution in [1.29, 1.82) is 0 Å². The van der Waals surface area contributed by atoms with E-state index in [-0.39, 0.29) is 6.42 Å². The second kappa shape index (κ2) is 5.74. The highest BCUT2D eigenvalue weighted by Gasteiger charge is 2.15. The molecule has 1 atom stereocenters. The Kier molecular flexibility index (Phi) is 5.32. The Labute approximate surface area is 71.8 Å². The lowest BCUT2D eigenvalue weighted by Gasteiger charge is -2.09. The predicted molar refractivity (Wildman–Crippen MR) is 43.7 cm³/mol. The molecule has 0 saturated heterocycles. The molecule has 12 heavy (non-hydrogen) atoms. The zero-order valence-corrected chi connectivity index (χ0v) is 7.37. The summed E-state index contributed by atoms with van der Waals surface area (Å²) in [5.41, 5.74) is 0.662. The molecule has 0 aliphatic heterocycles. The van der Waals surface area contributed by atoms with Gasteiger partial charge in [0.05, 0.1) is 13.7 Å². The Morgan fingerprint density at radius 2 is 2.17 bits per heavy atom. The Morgan fingerprint density at radius 1 is 1.58 bits per heavy atom. The van der Waals surface area contributed by atoms with Gasteiger partial charge in [-0.25, -0.2) is 4.79 Å². The monoisotopic (exact) mass is 174 g/mol. The molecule has 0 radical (unpaired) electrons. The average molecular weight is 174 g/mol. The topological polar surface area (TPSA) is 55.8 Å². The number of hydrogen-bond acceptors (Lipinski definition) is 4. The van der Waals surface area contributed by atoms with Gasteiger partial charge in [-0.05, 0) is 5.57 Å². The van der Waals surface area contributed by atoms with E-state index in [1.54, 1.807) is 0 Å². The van der Waals surface area contributed by atoms with Crippen LogP contribution in [0.1, 0.15) is 6.42 Å². The van der Waals surface area contributed by atoms with Crippen molar-refractivity contribution in [2.45, 2.75) is 12.5 Å². The van der Waals surface area contributed by atoms with E-state index >= 15 is 0 Å². The summed E-state index contributed by atoms with van der Waals surface area (Å²) in [5.74, 6) is -0.646. The van der Waals surface area contributed by atoms with Gasteiger partial charge in [0.15, 0.2) is 6.10 Å². The third-order valence-electron chi connectivity index (χ3n) is 1.30. The Balaban J connectivity index is 3.75. The molecule has 0 aromatic carbocycles. The van der Waals surface area contributed by atoms with Crippen molar-refractivity contribution in [2.24, 2.45) is 0 Å². The number of ether oxygens (including phenoxy) is 2. The average Bonchev–Trinajstić information content (AvgIpc) is 2.03. The maximum Gasteiger partial charge on any atom is 0.335 e. The van der Waals surface area contributed by atoms with Crippen LogP contribution in [0.25, 0.3) is 0 Å². The summed E-state index contributed by atoms with van der Waals surface area (Å²) in [4.78, 5) is 10.7. The van der Waals surface area contributed by atoms with Crippen LogP contribution in [-0.4, -0.2) is 38.0 Å². The number of hydrogen-bond donors (Lipinski definition) is 1. The lowest BCUT2D eigenvalue weighted by Crippen LogP contribution is -2.22. The van der Waals surface area contributed by atoms with Gasteiger partial charge in [-0.2, -0.15) is 0 Å². The van der Waals surface area contributed by atoms with Crippen molar-refractivity contribution < 1.29 is 19.4 Å². The van der Waals surface area contributed by atoms with Crippen LogP contribution in [0.2, 0.25) is 0 Å². The number of carbonyl (C=O) groups is 1. The smallest absolute Gasteiger partial charge is 0.335 e. The molecule has 0 amide bonds. The summed E-state index contributed by atoms with van der Waals surface area (Å²) in [6.45, 7) is 3.95. The first-order valence-corrected chi connectivity index (χ1v) is 3.53. The van der Waals surface area contributed by atoms with Crippen LogP contribution < -0.4 is 0 Å². The fraction of sp³-hybridized carbons (Fsp3) is 0.625. The van der Waals surface area contributed by atoms with Gasteiger partial charge in [0.25, 0.3) is 0 Å². The van der Waals surface area contributed by atoms with Crippen LogP contribution in [-0.2, 0) is 14.3 Å². The third kappa shape index (κ3) is 4.10. The maximum absolute atomic E-state index is 10.7. The molecular weight excluding hydrogens is 160 g/mol. The van der Waals surface area contributed by atoms with Gasteiger partial charge >= 0.3 is 5.97 Å². The molecule has 0 aromatic heterocycles. The minimum Gasteiger partial charge on any atom is -0.467 e. The molecular formula is C8H14O4.